The molecule has 0 aliphatic heterocycles. The van der Waals surface area contributed by atoms with Crippen LogP contribution in [0.2, 0.25) is 0 Å². The zero-order valence-electron chi connectivity index (χ0n) is 19.4. The van der Waals surface area contributed by atoms with Crippen molar-refractivity contribution in [2.24, 2.45) is 0 Å². The summed E-state index contributed by atoms with van der Waals surface area (Å²) in [7, 11) is 0. The quantitative estimate of drug-likeness (QED) is 0.231. The highest BCUT2D eigenvalue weighted by Gasteiger charge is 2.08. The van der Waals surface area contributed by atoms with Crippen LogP contribution in [0.3, 0.4) is 0 Å². The number of aryl methyl sites for hydroxylation is 2. The van der Waals surface area contributed by atoms with Gasteiger partial charge < -0.3 is 26.0 Å². The highest BCUT2D eigenvalue weighted by Crippen LogP contribution is 2.22. The molecule has 0 aliphatic rings. The predicted molar refractivity (Wildman–Crippen MR) is 134 cm³/mol. The lowest BCUT2D eigenvalue weighted by atomic mass is 10.2. The Balaban J connectivity index is 1.36. The van der Waals surface area contributed by atoms with Crippen LogP contribution in [0.1, 0.15) is 11.4 Å². The summed E-state index contributed by atoms with van der Waals surface area (Å²) in [4.78, 5) is 25.4. The number of aromatic nitrogens is 3. The first-order valence-electron chi connectivity index (χ1n) is 10.9. The Morgan fingerprint density at radius 2 is 1.50 bits per heavy atom. The SMILES string of the molecule is Cc1ccnc(Nc2cc(Nc3ccc(NC(=O)Nc4cccc(OC(F)F)c4)cc3)nc(C)n2)c1. The maximum atomic E-state index is 12.4. The normalized spacial score (nSPS) is 10.6. The zero-order chi connectivity index (χ0) is 25.5. The molecular weight excluding hydrogens is 468 g/mol. The molecule has 36 heavy (non-hydrogen) atoms. The molecule has 0 radical (unpaired) electrons. The molecule has 0 atom stereocenters. The first kappa shape index (κ1) is 24.3. The van der Waals surface area contributed by atoms with Gasteiger partial charge in [0.25, 0.3) is 0 Å². The summed E-state index contributed by atoms with van der Waals surface area (Å²) < 4.78 is 29.1. The number of carbonyl (C=O) groups excluding carboxylic acids is 1. The van der Waals surface area contributed by atoms with Crippen LogP contribution in [0.25, 0.3) is 0 Å². The molecule has 2 amide bonds. The maximum Gasteiger partial charge on any atom is 0.387 e. The topological polar surface area (TPSA) is 113 Å². The molecule has 0 spiro atoms. The number of rotatable bonds is 8. The number of anilines is 6. The van der Waals surface area contributed by atoms with Crippen molar-refractivity contribution in [3.63, 3.8) is 0 Å². The number of ether oxygens (including phenoxy) is 1. The van der Waals surface area contributed by atoms with Gasteiger partial charge in [-0.05, 0) is 67.9 Å². The summed E-state index contributed by atoms with van der Waals surface area (Å²) in [5, 5.41) is 11.6. The first-order chi connectivity index (χ1) is 17.3. The number of carbonyl (C=O) groups is 1. The fourth-order valence-electron chi connectivity index (χ4n) is 3.26. The van der Waals surface area contributed by atoms with Gasteiger partial charge in [0.15, 0.2) is 0 Å². The number of halogens is 2. The van der Waals surface area contributed by atoms with E-state index in [2.05, 4.69) is 41.0 Å². The maximum absolute atomic E-state index is 12.4. The van der Waals surface area contributed by atoms with Crippen molar-refractivity contribution in [2.75, 3.05) is 21.3 Å². The van der Waals surface area contributed by atoms with E-state index in [0.717, 1.165) is 11.3 Å². The number of amides is 2. The van der Waals surface area contributed by atoms with Gasteiger partial charge in [-0.3, -0.25) is 0 Å². The van der Waals surface area contributed by atoms with Gasteiger partial charge in [-0.15, -0.1) is 0 Å². The monoisotopic (exact) mass is 491 g/mol. The molecule has 2 aromatic carbocycles. The summed E-state index contributed by atoms with van der Waals surface area (Å²) in [6, 6.07) is 17.8. The molecule has 0 fully saturated rings. The van der Waals surface area contributed by atoms with Gasteiger partial charge in [0.2, 0.25) is 0 Å². The van der Waals surface area contributed by atoms with E-state index < -0.39 is 12.6 Å². The smallest absolute Gasteiger partial charge is 0.387 e. The lowest BCUT2D eigenvalue weighted by Gasteiger charge is -2.12. The lowest BCUT2D eigenvalue weighted by molar-refractivity contribution is -0.0498. The number of urea groups is 1. The van der Waals surface area contributed by atoms with E-state index in [1.807, 2.05) is 19.1 Å². The Hall–Kier alpha value is -4.80. The number of nitrogens with one attached hydrogen (secondary N) is 4. The van der Waals surface area contributed by atoms with E-state index in [9.17, 15) is 13.6 Å². The minimum absolute atomic E-state index is 0.0494. The summed E-state index contributed by atoms with van der Waals surface area (Å²) in [5.74, 6) is 2.39. The second-order valence-corrected chi connectivity index (χ2v) is 7.72. The van der Waals surface area contributed by atoms with Crippen LogP contribution in [-0.4, -0.2) is 27.6 Å². The van der Waals surface area contributed by atoms with Crippen LogP contribution in [0, 0.1) is 13.8 Å². The van der Waals surface area contributed by atoms with E-state index in [4.69, 9.17) is 0 Å². The molecule has 4 aromatic rings. The lowest BCUT2D eigenvalue weighted by Crippen LogP contribution is -2.19. The zero-order valence-corrected chi connectivity index (χ0v) is 19.4. The average Bonchev–Trinajstić information content (AvgIpc) is 2.80. The van der Waals surface area contributed by atoms with Crippen LogP contribution in [0.4, 0.5) is 48.1 Å². The molecule has 2 aromatic heterocycles. The molecule has 0 saturated heterocycles. The highest BCUT2D eigenvalue weighted by atomic mass is 19.3. The molecule has 9 nitrogen and oxygen atoms in total. The summed E-state index contributed by atoms with van der Waals surface area (Å²) in [6.45, 7) is 0.831. The molecule has 4 N–H and O–H groups in total. The van der Waals surface area contributed by atoms with E-state index in [1.54, 1.807) is 49.5 Å². The van der Waals surface area contributed by atoms with Gasteiger partial charge in [0.1, 0.15) is 29.0 Å². The van der Waals surface area contributed by atoms with Crippen molar-refractivity contribution in [2.45, 2.75) is 20.5 Å². The van der Waals surface area contributed by atoms with Crippen molar-refractivity contribution in [1.29, 1.82) is 0 Å². The number of alkyl halides is 2. The van der Waals surface area contributed by atoms with Crippen molar-refractivity contribution in [1.82, 2.24) is 15.0 Å². The minimum Gasteiger partial charge on any atom is -0.435 e. The van der Waals surface area contributed by atoms with Crippen molar-refractivity contribution >= 4 is 40.5 Å². The molecule has 2 heterocycles. The molecule has 0 saturated carbocycles. The largest absolute Gasteiger partial charge is 0.435 e. The van der Waals surface area contributed by atoms with Crippen LogP contribution in [-0.2, 0) is 0 Å². The Morgan fingerprint density at radius 3 is 2.22 bits per heavy atom. The number of hydrogen-bond acceptors (Lipinski definition) is 7. The van der Waals surface area contributed by atoms with Crippen LogP contribution in [0.15, 0.2) is 72.9 Å². The third-order valence-corrected chi connectivity index (χ3v) is 4.74. The molecule has 184 valence electrons. The van der Waals surface area contributed by atoms with Gasteiger partial charge in [-0.1, -0.05) is 6.07 Å². The number of nitrogens with zero attached hydrogens (tertiary/aromatic N) is 3. The Labute approximate surface area is 206 Å². The molecular formula is C25H23F2N7O2. The average molecular weight is 492 g/mol. The predicted octanol–water partition coefficient (Wildman–Crippen LogP) is 6.22. The first-order valence-corrected chi connectivity index (χ1v) is 10.9. The fourth-order valence-corrected chi connectivity index (χ4v) is 3.26. The summed E-state index contributed by atoms with van der Waals surface area (Å²) in [6.07, 6.45) is 1.72. The number of hydrogen-bond donors (Lipinski definition) is 4. The van der Waals surface area contributed by atoms with Crippen LogP contribution < -0.4 is 26.0 Å². The van der Waals surface area contributed by atoms with Gasteiger partial charge in [0, 0.05) is 35.4 Å². The van der Waals surface area contributed by atoms with Gasteiger partial charge in [-0.25, -0.2) is 19.7 Å². The third kappa shape index (κ3) is 7.10. The summed E-state index contributed by atoms with van der Waals surface area (Å²) in [5.41, 5.74) is 2.67. The Bertz CT molecular complexity index is 1350. The molecule has 0 aliphatic carbocycles. The van der Waals surface area contributed by atoms with E-state index >= 15 is 0 Å². The van der Waals surface area contributed by atoms with Crippen molar-refractivity contribution < 1.29 is 18.3 Å². The third-order valence-electron chi connectivity index (χ3n) is 4.74. The Morgan fingerprint density at radius 1 is 0.806 bits per heavy atom. The summed E-state index contributed by atoms with van der Waals surface area (Å²) >= 11 is 0. The molecule has 0 bridgehead atoms. The van der Waals surface area contributed by atoms with Crippen molar-refractivity contribution in [3.05, 3.63) is 84.3 Å². The van der Waals surface area contributed by atoms with Gasteiger partial charge >= 0.3 is 12.6 Å². The molecule has 11 heteroatoms. The van der Waals surface area contributed by atoms with Gasteiger partial charge in [0.05, 0.1) is 0 Å². The highest BCUT2D eigenvalue weighted by molar-refractivity contribution is 5.99. The van der Waals surface area contributed by atoms with E-state index in [1.165, 1.54) is 18.2 Å². The fraction of sp³-hybridized carbons (Fsp3) is 0.120. The minimum atomic E-state index is -2.94. The molecule has 4 rings (SSSR count). The van der Waals surface area contributed by atoms with Gasteiger partial charge in [-0.2, -0.15) is 8.78 Å². The van der Waals surface area contributed by atoms with E-state index in [0.29, 0.717) is 34.7 Å². The number of pyridine rings is 1. The number of benzene rings is 2. The van der Waals surface area contributed by atoms with Crippen LogP contribution in [0.5, 0.6) is 5.75 Å². The molecule has 0 unspecified atom stereocenters. The Kier molecular flexibility index (Phi) is 7.49. The van der Waals surface area contributed by atoms with E-state index in [-0.39, 0.29) is 5.75 Å². The standard InChI is InChI=1S/C25H23F2N7O2/c1-15-10-11-28-21(12-15)34-23-14-22(29-16(2)30-23)31-17-6-8-18(9-7-17)32-25(35)33-19-4-3-5-20(13-19)36-24(26)27/h3-14,24H,1-2H3,(H2,32,33,35)(H2,28,29,30,31,34). The second-order valence-electron chi connectivity index (χ2n) is 7.72. The second kappa shape index (κ2) is 11.1. The van der Waals surface area contributed by atoms with Crippen LogP contribution >= 0.6 is 0 Å². The van der Waals surface area contributed by atoms with Crippen molar-refractivity contribution in [3.8, 4) is 5.75 Å².